The second kappa shape index (κ2) is 9.80. The second-order valence-electron chi connectivity index (χ2n) is 3.93. The van der Waals surface area contributed by atoms with Gasteiger partial charge in [0, 0.05) is 5.56 Å². The smallest absolute Gasteiger partial charge is 0.160 e. The average Bonchev–Trinajstić information content (AvgIpc) is 2.39. The second-order valence-corrected chi connectivity index (χ2v) is 3.93. The number of Topliss-reactive ketones (excluding diaryl/α,β-unsaturated/α-hetero) is 1. The topological polar surface area (TPSA) is 69.1 Å². The van der Waals surface area contributed by atoms with Gasteiger partial charge in [-0.15, -0.1) is 0 Å². The summed E-state index contributed by atoms with van der Waals surface area (Å²) >= 11 is 0. The number of nitrogens with two attached hydrogens (primary N) is 2. The van der Waals surface area contributed by atoms with Crippen LogP contribution in [0, 0.1) is 0 Å². The van der Waals surface area contributed by atoms with Crippen molar-refractivity contribution in [1.29, 1.82) is 0 Å². The molecule has 3 nitrogen and oxygen atoms in total. The highest BCUT2D eigenvalue weighted by molar-refractivity contribution is 5.95. The zero-order valence-corrected chi connectivity index (χ0v) is 11.8. The van der Waals surface area contributed by atoms with Crippen molar-refractivity contribution < 1.29 is 4.79 Å². The van der Waals surface area contributed by atoms with E-state index in [-0.39, 0.29) is 5.78 Å². The van der Waals surface area contributed by atoms with Crippen LogP contribution in [0.15, 0.2) is 18.2 Å². The van der Waals surface area contributed by atoms with Gasteiger partial charge >= 0.3 is 0 Å². The van der Waals surface area contributed by atoms with Gasteiger partial charge in [-0.2, -0.15) is 0 Å². The molecule has 0 aliphatic carbocycles. The first-order chi connectivity index (χ1) is 8.70. The molecule has 1 rings (SSSR count). The lowest BCUT2D eigenvalue weighted by molar-refractivity contribution is 0.101. The van der Waals surface area contributed by atoms with Gasteiger partial charge in [0.1, 0.15) is 0 Å². The molecule has 0 saturated carbocycles. The molecule has 0 aromatic heterocycles. The summed E-state index contributed by atoms with van der Waals surface area (Å²) in [6, 6.07) is 5.87. The summed E-state index contributed by atoms with van der Waals surface area (Å²) in [7, 11) is 0. The van der Waals surface area contributed by atoms with E-state index < -0.39 is 0 Å². The van der Waals surface area contributed by atoms with Crippen LogP contribution in [0.3, 0.4) is 0 Å². The number of ketones is 1. The molecule has 0 fully saturated rings. The molecular formula is C15H26N2O. The molecule has 102 valence electrons. The molecule has 0 radical (unpaired) electrons. The highest BCUT2D eigenvalue weighted by Crippen LogP contribution is 2.17. The van der Waals surface area contributed by atoms with E-state index in [1.165, 1.54) is 5.56 Å². The molecule has 0 amide bonds. The molecule has 18 heavy (non-hydrogen) atoms. The van der Waals surface area contributed by atoms with Crippen LogP contribution < -0.4 is 11.5 Å². The summed E-state index contributed by atoms with van der Waals surface area (Å²) in [5.41, 5.74) is 14.2. The molecular weight excluding hydrogens is 224 g/mol. The Morgan fingerprint density at radius 2 is 1.78 bits per heavy atom. The van der Waals surface area contributed by atoms with Gasteiger partial charge in [0.15, 0.2) is 5.78 Å². The molecule has 0 aliphatic heterocycles. The third-order valence-electron chi connectivity index (χ3n) is 2.70. The Labute approximate surface area is 111 Å². The molecule has 1 aromatic rings. The third kappa shape index (κ3) is 4.98. The quantitative estimate of drug-likeness (QED) is 0.761. The number of carbonyl (C=O) groups excluding carboxylic acids is 1. The minimum Gasteiger partial charge on any atom is -0.330 e. The van der Waals surface area contributed by atoms with E-state index in [1.807, 2.05) is 26.0 Å². The third-order valence-corrected chi connectivity index (χ3v) is 2.70. The lowest BCUT2D eigenvalue weighted by atomic mass is 9.93. The zero-order valence-electron chi connectivity index (χ0n) is 11.8. The van der Waals surface area contributed by atoms with E-state index in [9.17, 15) is 4.79 Å². The van der Waals surface area contributed by atoms with Crippen LogP contribution in [0.5, 0.6) is 0 Å². The molecule has 0 heterocycles. The molecule has 0 aliphatic rings. The van der Waals surface area contributed by atoms with Crippen molar-refractivity contribution in [2.24, 2.45) is 11.5 Å². The molecule has 0 atom stereocenters. The standard InChI is InChI=1S/C13H20N2O.C2H6/c1-10(16)12-6-2-4-11(5-3-8-14)13(12)7-9-15;1-2/h2,4,6H,3,5,7-9,14-15H2,1H3;1-2H3. The van der Waals surface area contributed by atoms with E-state index in [2.05, 4.69) is 6.07 Å². The first-order valence-corrected chi connectivity index (χ1v) is 6.72. The molecule has 0 spiro atoms. The minimum absolute atomic E-state index is 0.109. The number of hydrogen-bond donors (Lipinski definition) is 2. The fourth-order valence-electron chi connectivity index (χ4n) is 1.93. The predicted octanol–water partition coefficient (Wildman–Crippen LogP) is 2.31. The Morgan fingerprint density at radius 3 is 2.28 bits per heavy atom. The van der Waals surface area contributed by atoms with Gasteiger partial charge in [0.2, 0.25) is 0 Å². The maximum Gasteiger partial charge on any atom is 0.160 e. The summed E-state index contributed by atoms with van der Waals surface area (Å²) in [5, 5.41) is 0. The minimum atomic E-state index is 0.109. The first kappa shape index (κ1) is 16.8. The SMILES string of the molecule is CC.CC(=O)c1cccc(CCCN)c1CCN. The maximum absolute atomic E-state index is 11.5. The Balaban J connectivity index is 0.00000137. The van der Waals surface area contributed by atoms with Crippen LogP contribution in [0.25, 0.3) is 0 Å². The summed E-state index contributed by atoms with van der Waals surface area (Å²) in [6.07, 6.45) is 2.63. The molecule has 4 N–H and O–H groups in total. The van der Waals surface area contributed by atoms with Crippen LogP contribution >= 0.6 is 0 Å². The van der Waals surface area contributed by atoms with E-state index in [4.69, 9.17) is 11.5 Å². The highest BCUT2D eigenvalue weighted by Gasteiger charge is 2.10. The van der Waals surface area contributed by atoms with Crippen LogP contribution in [-0.4, -0.2) is 18.9 Å². The number of hydrogen-bond acceptors (Lipinski definition) is 3. The lowest BCUT2D eigenvalue weighted by Gasteiger charge is -2.12. The van der Waals surface area contributed by atoms with Gasteiger partial charge in [-0.1, -0.05) is 32.0 Å². The van der Waals surface area contributed by atoms with Crippen molar-refractivity contribution >= 4 is 5.78 Å². The first-order valence-electron chi connectivity index (χ1n) is 6.72. The van der Waals surface area contributed by atoms with E-state index in [0.29, 0.717) is 13.1 Å². The number of carbonyl (C=O) groups is 1. The molecule has 1 aromatic carbocycles. The Kier molecular flexibility index (Phi) is 9.15. The normalized spacial score (nSPS) is 9.61. The average molecular weight is 250 g/mol. The largest absolute Gasteiger partial charge is 0.330 e. The van der Waals surface area contributed by atoms with Crippen molar-refractivity contribution in [2.75, 3.05) is 13.1 Å². The number of aryl methyl sites for hydroxylation is 1. The van der Waals surface area contributed by atoms with Gasteiger partial charge in [-0.25, -0.2) is 0 Å². The van der Waals surface area contributed by atoms with Gasteiger partial charge in [-0.3, -0.25) is 4.79 Å². The van der Waals surface area contributed by atoms with Crippen molar-refractivity contribution in [3.8, 4) is 0 Å². The van der Waals surface area contributed by atoms with E-state index in [1.54, 1.807) is 6.92 Å². The maximum atomic E-state index is 11.5. The highest BCUT2D eigenvalue weighted by atomic mass is 16.1. The Bertz CT molecular complexity index is 362. The van der Waals surface area contributed by atoms with Gasteiger partial charge in [-0.05, 0) is 50.4 Å². The summed E-state index contributed by atoms with van der Waals surface area (Å²) in [6.45, 7) is 6.84. The van der Waals surface area contributed by atoms with Crippen LogP contribution in [0.1, 0.15) is 48.7 Å². The van der Waals surface area contributed by atoms with E-state index in [0.717, 1.165) is 30.4 Å². The fourth-order valence-corrected chi connectivity index (χ4v) is 1.93. The van der Waals surface area contributed by atoms with Crippen molar-refractivity contribution in [2.45, 2.75) is 40.0 Å². The van der Waals surface area contributed by atoms with Crippen LogP contribution in [0.2, 0.25) is 0 Å². The molecule has 3 heteroatoms. The summed E-state index contributed by atoms with van der Waals surface area (Å²) < 4.78 is 0. The fraction of sp³-hybridized carbons (Fsp3) is 0.533. The molecule has 0 unspecified atom stereocenters. The zero-order chi connectivity index (χ0) is 14.0. The number of benzene rings is 1. The van der Waals surface area contributed by atoms with E-state index >= 15 is 0 Å². The monoisotopic (exact) mass is 250 g/mol. The lowest BCUT2D eigenvalue weighted by Crippen LogP contribution is -2.11. The summed E-state index contributed by atoms with van der Waals surface area (Å²) in [5.74, 6) is 0.109. The predicted molar refractivity (Wildman–Crippen MR) is 77.9 cm³/mol. The number of rotatable bonds is 6. The Morgan fingerprint density at radius 1 is 1.11 bits per heavy atom. The van der Waals surface area contributed by atoms with Crippen LogP contribution in [-0.2, 0) is 12.8 Å². The molecule has 0 saturated heterocycles. The van der Waals surface area contributed by atoms with Gasteiger partial charge in [0.05, 0.1) is 0 Å². The van der Waals surface area contributed by atoms with Gasteiger partial charge < -0.3 is 11.5 Å². The summed E-state index contributed by atoms with van der Waals surface area (Å²) in [4.78, 5) is 11.5. The van der Waals surface area contributed by atoms with Crippen molar-refractivity contribution in [3.05, 3.63) is 34.9 Å². The van der Waals surface area contributed by atoms with Crippen molar-refractivity contribution in [1.82, 2.24) is 0 Å². The Hall–Kier alpha value is -1.19. The van der Waals surface area contributed by atoms with Crippen LogP contribution in [0.4, 0.5) is 0 Å². The molecule has 0 bridgehead atoms. The van der Waals surface area contributed by atoms with Gasteiger partial charge in [0.25, 0.3) is 0 Å². The van der Waals surface area contributed by atoms with Crippen molar-refractivity contribution in [3.63, 3.8) is 0 Å².